The van der Waals surface area contributed by atoms with E-state index in [-0.39, 0.29) is 63.4 Å². The maximum absolute atomic E-state index is 12.5. The Hall–Kier alpha value is 0.181. The van der Waals surface area contributed by atoms with Gasteiger partial charge in [0.2, 0.25) is 0 Å². The first-order valence-corrected chi connectivity index (χ1v) is 4.29. The van der Waals surface area contributed by atoms with Crippen molar-refractivity contribution in [3.05, 3.63) is 29.8 Å². The average Bonchev–Trinajstić information content (AvgIpc) is 2.17. The van der Waals surface area contributed by atoms with Gasteiger partial charge in [0.15, 0.2) is 0 Å². The van der Waals surface area contributed by atoms with Crippen LogP contribution in [0.2, 0.25) is 0 Å². The van der Waals surface area contributed by atoms with Gasteiger partial charge in [-0.3, -0.25) is 4.79 Å². The maximum atomic E-state index is 12.5. The molecule has 0 aliphatic rings. The van der Waals surface area contributed by atoms with Gasteiger partial charge in [0.25, 0.3) is 0 Å². The van der Waals surface area contributed by atoms with Crippen molar-refractivity contribution in [1.29, 1.82) is 0 Å². The van der Waals surface area contributed by atoms with Crippen LogP contribution in [0.15, 0.2) is 24.3 Å². The number of hydrogen-bond acceptors (Lipinski definition) is 2. The van der Waals surface area contributed by atoms with Crippen LogP contribution in [0.3, 0.4) is 0 Å². The first kappa shape index (κ1) is 16.2. The Morgan fingerprint density at radius 3 is 2.38 bits per heavy atom. The van der Waals surface area contributed by atoms with Crippen LogP contribution in [0, 0.1) is 0 Å². The average molecular weight is 256 g/mol. The molecule has 0 amide bonds. The van der Waals surface area contributed by atoms with Crippen molar-refractivity contribution in [3.63, 3.8) is 0 Å². The van der Waals surface area contributed by atoms with E-state index in [2.05, 4.69) is 4.74 Å². The van der Waals surface area contributed by atoms with Crippen molar-refractivity contribution >= 4 is 18.4 Å². The van der Waals surface area contributed by atoms with E-state index in [1.165, 1.54) is 18.2 Å². The fourth-order valence-electron chi connectivity index (χ4n) is 1.24. The van der Waals surface area contributed by atoms with Gasteiger partial charge in [-0.15, -0.1) is 5.46 Å². The number of ether oxygens (including phenoxy) is 1. The van der Waals surface area contributed by atoms with Gasteiger partial charge in [-0.05, 0) is 0 Å². The van der Waals surface area contributed by atoms with E-state index in [4.69, 9.17) is 0 Å². The molecule has 7 heteroatoms. The zero-order chi connectivity index (χ0) is 11.5. The van der Waals surface area contributed by atoms with Gasteiger partial charge >= 0.3 is 64.3 Å². The van der Waals surface area contributed by atoms with Crippen molar-refractivity contribution in [1.82, 2.24) is 0 Å². The van der Waals surface area contributed by atoms with E-state index in [0.717, 1.165) is 13.2 Å². The number of hydrogen-bond donors (Lipinski definition) is 0. The summed E-state index contributed by atoms with van der Waals surface area (Å²) < 4.78 is 41.9. The van der Waals surface area contributed by atoms with Crippen LogP contribution in [0.5, 0.6) is 0 Å². The van der Waals surface area contributed by atoms with Crippen LogP contribution < -0.4 is 56.8 Å². The predicted molar refractivity (Wildman–Crippen MR) is 50.9 cm³/mol. The van der Waals surface area contributed by atoms with E-state index in [9.17, 15) is 17.7 Å². The molecule has 0 saturated carbocycles. The summed E-state index contributed by atoms with van der Waals surface area (Å²) in [5.41, 5.74) is -0.778. The van der Waals surface area contributed by atoms with Gasteiger partial charge in [0.05, 0.1) is 13.5 Å². The Labute approximate surface area is 134 Å². The molecule has 0 N–H and O–H groups in total. The Bertz CT molecular complexity index is 368. The number of carbonyl (C=O) groups is 1. The summed E-state index contributed by atoms with van der Waals surface area (Å²) in [5.74, 6) is -0.678. The molecule has 0 fully saturated rings. The molecule has 0 radical (unpaired) electrons. The summed E-state index contributed by atoms with van der Waals surface area (Å²) >= 11 is 0. The Balaban J connectivity index is 0.00000225. The fourth-order valence-corrected chi connectivity index (χ4v) is 1.24. The second-order valence-corrected chi connectivity index (χ2v) is 3.03. The minimum absolute atomic E-state index is 0. The molecular weight excluding hydrogens is 247 g/mol. The molecular formula is C9H9BF3KO2. The molecule has 0 unspecified atom stereocenters. The number of carbonyl (C=O) groups excluding carboxylic acids is 1. The molecule has 0 spiro atoms. The van der Waals surface area contributed by atoms with Gasteiger partial charge < -0.3 is 17.7 Å². The third-order valence-electron chi connectivity index (χ3n) is 1.97. The molecule has 1 rings (SSSR count). The second kappa shape index (κ2) is 6.81. The molecule has 16 heavy (non-hydrogen) atoms. The van der Waals surface area contributed by atoms with Gasteiger partial charge in [-0.2, -0.15) is 0 Å². The molecule has 0 aliphatic heterocycles. The molecule has 0 saturated heterocycles. The molecule has 0 bridgehead atoms. The van der Waals surface area contributed by atoms with Crippen molar-refractivity contribution < 1.29 is 73.9 Å². The van der Waals surface area contributed by atoms with Crippen LogP contribution in [0.25, 0.3) is 0 Å². The number of rotatable bonds is 3. The van der Waals surface area contributed by atoms with Crippen LogP contribution in [-0.2, 0) is 16.0 Å². The van der Waals surface area contributed by atoms with Crippen LogP contribution in [-0.4, -0.2) is 20.1 Å². The Morgan fingerprint density at radius 1 is 1.31 bits per heavy atom. The third-order valence-corrected chi connectivity index (χ3v) is 1.97. The second-order valence-electron chi connectivity index (χ2n) is 3.03. The van der Waals surface area contributed by atoms with Gasteiger partial charge in [-0.25, -0.2) is 0 Å². The van der Waals surface area contributed by atoms with Crippen LogP contribution >= 0.6 is 0 Å². The van der Waals surface area contributed by atoms with Gasteiger partial charge in [0, 0.05) is 0 Å². The first-order chi connectivity index (χ1) is 6.95. The normalized spacial score (nSPS) is 10.5. The third kappa shape index (κ3) is 4.59. The molecule has 0 atom stereocenters. The van der Waals surface area contributed by atoms with E-state index in [0.29, 0.717) is 0 Å². The van der Waals surface area contributed by atoms with Gasteiger partial charge in [-0.1, -0.05) is 29.8 Å². The number of halogens is 3. The van der Waals surface area contributed by atoms with Crippen LogP contribution in [0.1, 0.15) is 5.56 Å². The maximum Gasteiger partial charge on any atom is 1.00 e. The van der Waals surface area contributed by atoms with E-state index < -0.39 is 18.4 Å². The summed E-state index contributed by atoms with van der Waals surface area (Å²) in [5, 5.41) is 0. The summed E-state index contributed by atoms with van der Waals surface area (Å²) in [6.07, 6.45) is -0.353. The molecule has 0 heterocycles. The quantitative estimate of drug-likeness (QED) is 0.484. The Kier molecular flexibility index (Phi) is 6.88. The molecule has 2 nitrogen and oxygen atoms in total. The van der Waals surface area contributed by atoms with Crippen molar-refractivity contribution in [2.24, 2.45) is 0 Å². The topological polar surface area (TPSA) is 26.3 Å². The fraction of sp³-hybridized carbons (Fsp3) is 0.222. The minimum atomic E-state index is -5.08. The van der Waals surface area contributed by atoms with Crippen molar-refractivity contribution in [3.8, 4) is 0 Å². The van der Waals surface area contributed by atoms with E-state index in [1.54, 1.807) is 0 Å². The summed E-state index contributed by atoms with van der Waals surface area (Å²) in [6.45, 7) is -5.08. The zero-order valence-corrected chi connectivity index (χ0v) is 12.2. The number of benzene rings is 1. The van der Waals surface area contributed by atoms with E-state index >= 15 is 0 Å². The number of esters is 1. The van der Waals surface area contributed by atoms with E-state index in [1.807, 2.05) is 0 Å². The molecule has 82 valence electrons. The number of methoxy groups -OCH3 is 1. The van der Waals surface area contributed by atoms with Crippen molar-refractivity contribution in [2.75, 3.05) is 7.11 Å². The largest absolute Gasteiger partial charge is 1.00 e. The standard InChI is InChI=1S/C9H9BF3O2.K/c1-15-9(14)6-7-4-2-3-5-8(7)10(11,12)13;/h2-5H,6H2,1H3;/q-1;+1. The predicted octanol–water partition coefficient (Wildman–Crippen LogP) is -1.54. The monoisotopic (exact) mass is 256 g/mol. The molecule has 0 aliphatic carbocycles. The summed E-state index contributed by atoms with van der Waals surface area (Å²) in [4.78, 5) is 10.9. The van der Waals surface area contributed by atoms with Crippen LogP contribution in [0.4, 0.5) is 12.9 Å². The molecule has 1 aromatic rings. The molecule has 1 aromatic carbocycles. The SMILES string of the molecule is COC(=O)Cc1ccccc1[B-](F)(F)F.[K+]. The summed E-state index contributed by atoms with van der Waals surface area (Å²) in [6, 6.07) is 5.01. The smallest absolute Gasteiger partial charge is 0.469 e. The summed E-state index contributed by atoms with van der Waals surface area (Å²) in [7, 11) is 1.14. The Morgan fingerprint density at radius 2 is 1.88 bits per heavy atom. The molecule has 0 aromatic heterocycles. The first-order valence-electron chi connectivity index (χ1n) is 4.29. The van der Waals surface area contributed by atoms with Crippen molar-refractivity contribution in [2.45, 2.75) is 6.42 Å². The minimum Gasteiger partial charge on any atom is -0.469 e. The van der Waals surface area contributed by atoms with Gasteiger partial charge in [0.1, 0.15) is 0 Å². The zero-order valence-electron chi connectivity index (χ0n) is 9.04.